The number of esters is 1. The molecule has 0 radical (unpaired) electrons. The van der Waals surface area contributed by atoms with Crippen molar-refractivity contribution in [3.63, 3.8) is 0 Å². The Morgan fingerprint density at radius 2 is 1.79 bits per heavy atom. The van der Waals surface area contributed by atoms with E-state index in [4.69, 9.17) is 0 Å². The summed E-state index contributed by atoms with van der Waals surface area (Å²) in [5, 5.41) is 10.2. The largest absolute Gasteiger partial charge is 0.507 e. The molecule has 2 rings (SSSR count). The number of aromatic hydroxyl groups is 1. The first-order valence-electron chi connectivity index (χ1n) is 6.10. The standard InChI is InChI=1S/C16H16O3/c1-11(12-7-4-3-5-8-12)13-9-6-10-14(15(13)17)16(18)19-2/h3-11,17H,1-2H3. The molecule has 0 bridgehead atoms. The average Bonchev–Trinajstić information content (AvgIpc) is 2.47. The van der Waals surface area contributed by atoms with Gasteiger partial charge in [-0.05, 0) is 11.6 Å². The van der Waals surface area contributed by atoms with Gasteiger partial charge in [0.2, 0.25) is 0 Å². The van der Waals surface area contributed by atoms with Crippen molar-refractivity contribution < 1.29 is 14.6 Å². The first-order valence-corrected chi connectivity index (χ1v) is 6.10. The highest BCUT2D eigenvalue weighted by molar-refractivity contribution is 5.92. The van der Waals surface area contributed by atoms with Crippen molar-refractivity contribution in [2.75, 3.05) is 7.11 Å². The number of para-hydroxylation sites is 1. The van der Waals surface area contributed by atoms with Crippen molar-refractivity contribution >= 4 is 5.97 Å². The molecular weight excluding hydrogens is 240 g/mol. The fraction of sp³-hybridized carbons (Fsp3) is 0.188. The van der Waals surface area contributed by atoms with E-state index < -0.39 is 5.97 Å². The topological polar surface area (TPSA) is 46.5 Å². The first kappa shape index (κ1) is 13.1. The van der Waals surface area contributed by atoms with E-state index in [2.05, 4.69) is 4.74 Å². The third-order valence-electron chi connectivity index (χ3n) is 3.24. The second-order valence-electron chi connectivity index (χ2n) is 4.37. The SMILES string of the molecule is COC(=O)c1cccc(C(C)c2ccccc2)c1O. The summed E-state index contributed by atoms with van der Waals surface area (Å²) in [5.41, 5.74) is 2.00. The third kappa shape index (κ3) is 2.60. The Labute approximate surface area is 112 Å². The zero-order valence-corrected chi connectivity index (χ0v) is 11.0. The van der Waals surface area contributed by atoms with Gasteiger partial charge in [0.15, 0.2) is 0 Å². The molecular formula is C16H16O3. The van der Waals surface area contributed by atoms with Gasteiger partial charge in [0.05, 0.1) is 7.11 Å². The summed E-state index contributed by atoms with van der Waals surface area (Å²) in [6.45, 7) is 1.99. The maximum absolute atomic E-state index is 11.6. The van der Waals surface area contributed by atoms with Crippen molar-refractivity contribution in [2.45, 2.75) is 12.8 Å². The number of methoxy groups -OCH3 is 1. The molecule has 3 heteroatoms. The van der Waals surface area contributed by atoms with E-state index in [0.29, 0.717) is 5.56 Å². The Hall–Kier alpha value is -2.29. The summed E-state index contributed by atoms with van der Waals surface area (Å²) < 4.78 is 4.66. The Morgan fingerprint density at radius 1 is 1.11 bits per heavy atom. The van der Waals surface area contributed by atoms with Crippen molar-refractivity contribution in [1.82, 2.24) is 0 Å². The number of carbonyl (C=O) groups is 1. The molecule has 19 heavy (non-hydrogen) atoms. The Kier molecular flexibility index (Phi) is 3.85. The molecule has 0 fully saturated rings. The molecule has 1 N–H and O–H groups in total. The van der Waals surface area contributed by atoms with Crippen molar-refractivity contribution in [2.24, 2.45) is 0 Å². The van der Waals surface area contributed by atoms with E-state index >= 15 is 0 Å². The summed E-state index contributed by atoms with van der Waals surface area (Å²) in [4.78, 5) is 11.6. The summed E-state index contributed by atoms with van der Waals surface area (Å²) in [5.74, 6) is -0.531. The highest BCUT2D eigenvalue weighted by Crippen LogP contribution is 2.33. The third-order valence-corrected chi connectivity index (χ3v) is 3.24. The van der Waals surface area contributed by atoms with Crippen LogP contribution in [-0.2, 0) is 4.74 Å². The van der Waals surface area contributed by atoms with Crippen LogP contribution >= 0.6 is 0 Å². The molecule has 0 spiro atoms. The molecule has 0 aliphatic heterocycles. The molecule has 0 aliphatic rings. The number of benzene rings is 2. The molecule has 0 heterocycles. The van der Waals surface area contributed by atoms with E-state index in [0.717, 1.165) is 5.56 Å². The van der Waals surface area contributed by atoms with Gasteiger partial charge in [0.1, 0.15) is 11.3 Å². The highest BCUT2D eigenvalue weighted by Gasteiger charge is 2.18. The average molecular weight is 256 g/mol. The van der Waals surface area contributed by atoms with Crippen molar-refractivity contribution in [3.05, 3.63) is 65.2 Å². The number of hydrogen-bond acceptors (Lipinski definition) is 3. The number of carbonyl (C=O) groups excluding carboxylic acids is 1. The first-order chi connectivity index (χ1) is 9.15. The quantitative estimate of drug-likeness (QED) is 0.857. The number of ether oxygens (including phenoxy) is 1. The van der Waals surface area contributed by atoms with Gasteiger partial charge < -0.3 is 9.84 Å². The summed E-state index contributed by atoms with van der Waals surface area (Å²) >= 11 is 0. The molecule has 0 saturated carbocycles. The molecule has 3 nitrogen and oxygen atoms in total. The monoisotopic (exact) mass is 256 g/mol. The molecule has 98 valence electrons. The van der Waals surface area contributed by atoms with E-state index in [1.807, 2.05) is 43.3 Å². The number of rotatable bonds is 3. The van der Waals surface area contributed by atoms with E-state index in [1.54, 1.807) is 12.1 Å². The van der Waals surface area contributed by atoms with Crippen LogP contribution in [0.3, 0.4) is 0 Å². The van der Waals surface area contributed by atoms with Crippen molar-refractivity contribution in [1.29, 1.82) is 0 Å². The van der Waals surface area contributed by atoms with Gasteiger partial charge in [-0.3, -0.25) is 0 Å². The van der Waals surface area contributed by atoms with E-state index in [1.165, 1.54) is 7.11 Å². The minimum absolute atomic E-state index is 0.00538. The lowest BCUT2D eigenvalue weighted by atomic mass is 9.91. The predicted octanol–water partition coefficient (Wildman–Crippen LogP) is 3.33. The van der Waals surface area contributed by atoms with E-state index in [-0.39, 0.29) is 17.2 Å². The van der Waals surface area contributed by atoms with Gasteiger partial charge >= 0.3 is 5.97 Å². The summed E-state index contributed by atoms with van der Waals surface area (Å²) in [6, 6.07) is 15.0. The van der Waals surface area contributed by atoms with Crippen LogP contribution in [0.25, 0.3) is 0 Å². The fourth-order valence-electron chi connectivity index (χ4n) is 2.11. The zero-order valence-electron chi connectivity index (χ0n) is 11.0. The van der Waals surface area contributed by atoms with Gasteiger partial charge in [-0.15, -0.1) is 0 Å². The number of phenols is 1. The van der Waals surface area contributed by atoms with Crippen LogP contribution in [0.5, 0.6) is 5.75 Å². The van der Waals surface area contributed by atoms with Crippen LogP contribution in [-0.4, -0.2) is 18.2 Å². The zero-order chi connectivity index (χ0) is 13.8. The molecule has 0 saturated heterocycles. The number of hydrogen-bond donors (Lipinski definition) is 1. The predicted molar refractivity (Wildman–Crippen MR) is 73.4 cm³/mol. The lowest BCUT2D eigenvalue weighted by Gasteiger charge is -2.15. The molecule has 2 aromatic carbocycles. The normalized spacial score (nSPS) is 11.9. The van der Waals surface area contributed by atoms with Gasteiger partial charge in [0.25, 0.3) is 0 Å². The molecule has 0 aliphatic carbocycles. The minimum Gasteiger partial charge on any atom is -0.507 e. The molecule has 0 amide bonds. The second kappa shape index (κ2) is 5.57. The maximum atomic E-state index is 11.6. The van der Waals surface area contributed by atoms with E-state index in [9.17, 15) is 9.90 Å². The molecule has 1 atom stereocenters. The summed E-state index contributed by atoms with van der Waals surface area (Å²) in [6.07, 6.45) is 0. The van der Waals surface area contributed by atoms with Gasteiger partial charge in [-0.2, -0.15) is 0 Å². The minimum atomic E-state index is -0.528. The Morgan fingerprint density at radius 3 is 2.42 bits per heavy atom. The van der Waals surface area contributed by atoms with Gasteiger partial charge in [0, 0.05) is 11.5 Å². The maximum Gasteiger partial charge on any atom is 0.341 e. The molecule has 1 unspecified atom stereocenters. The lowest BCUT2D eigenvalue weighted by molar-refractivity contribution is 0.0597. The van der Waals surface area contributed by atoms with Gasteiger partial charge in [-0.1, -0.05) is 49.4 Å². The molecule has 2 aromatic rings. The van der Waals surface area contributed by atoms with Crippen LogP contribution in [0.1, 0.15) is 34.3 Å². The van der Waals surface area contributed by atoms with Crippen molar-refractivity contribution in [3.8, 4) is 5.75 Å². The van der Waals surface area contributed by atoms with Crippen LogP contribution in [0.2, 0.25) is 0 Å². The van der Waals surface area contributed by atoms with Crippen LogP contribution < -0.4 is 0 Å². The molecule has 0 aromatic heterocycles. The van der Waals surface area contributed by atoms with Crippen LogP contribution in [0, 0.1) is 0 Å². The highest BCUT2D eigenvalue weighted by atomic mass is 16.5. The van der Waals surface area contributed by atoms with Gasteiger partial charge in [-0.25, -0.2) is 4.79 Å². The summed E-state index contributed by atoms with van der Waals surface area (Å²) in [7, 11) is 1.30. The Bertz CT molecular complexity index is 576. The lowest BCUT2D eigenvalue weighted by Crippen LogP contribution is -2.04. The van der Waals surface area contributed by atoms with Crippen LogP contribution in [0.4, 0.5) is 0 Å². The number of phenolic OH excluding ortho intramolecular Hbond substituents is 1. The second-order valence-corrected chi connectivity index (χ2v) is 4.37. The van der Waals surface area contributed by atoms with Crippen LogP contribution in [0.15, 0.2) is 48.5 Å². The fourth-order valence-corrected chi connectivity index (χ4v) is 2.11. The Balaban J connectivity index is 2.43. The smallest absolute Gasteiger partial charge is 0.341 e.